The van der Waals surface area contributed by atoms with Gasteiger partial charge in [-0.25, -0.2) is 9.07 Å². The first-order chi connectivity index (χ1) is 15.7. The Labute approximate surface area is 187 Å². The number of anilines is 2. The molecule has 0 atom stereocenters. The Kier molecular flexibility index (Phi) is 5.61. The van der Waals surface area contributed by atoms with E-state index in [1.54, 1.807) is 0 Å². The van der Waals surface area contributed by atoms with Crippen molar-refractivity contribution < 1.29 is 13.9 Å². The van der Waals surface area contributed by atoms with Crippen LogP contribution in [0.4, 0.5) is 15.1 Å². The number of aromatic nitrogens is 4. The zero-order chi connectivity index (χ0) is 21.9. The second-order valence-electron chi connectivity index (χ2n) is 7.17. The lowest BCUT2D eigenvalue weighted by molar-refractivity contribution is 0.103. The smallest absolute Gasteiger partial charge is 0.265 e. The molecule has 1 fully saturated rings. The van der Waals surface area contributed by atoms with E-state index in [0.29, 0.717) is 23.8 Å². The summed E-state index contributed by atoms with van der Waals surface area (Å²) in [4.78, 5) is 15.8. The second kappa shape index (κ2) is 8.85. The summed E-state index contributed by atoms with van der Waals surface area (Å²) in [5, 5.41) is 14.7. The van der Waals surface area contributed by atoms with Gasteiger partial charge in [0.05, 0.1) is 34.5 Å². The van der Waals surface area contributed by atoms with Crippen LogP contribution in [0.3, 0.4) is 0 Å². The lowest BCUT2D eigenvalue weighted by atomic mass is 10.1. The number of ether oxygens (including phenoxy) is 1. The van der Waals surface area contributed by atoms with Crippen LogP contribution in [0.15, 0.2) is 60.9 Å². The molecule has 0 bridgehead atoms. The van der Waals surface area contributed by atoms with E-state index in [4.69, 9.17) is 4.74 Å². The molecule has 4 aromatic rings. The van der Waals surface area contributed by atoms with Gasteiger partial charge in [0.1, 0.15) is 12.1 Å². The van der Waals surface area contributed by atoms with Gasteiger partial charge in [-0.3, -0.25) is 4.79 Å². The predicted molar refractivity (Wildman–Crippen MR) is 120 cm³/mol. The van der Waals surface area contributed by atoms with Gasteiger partial charge in [-0.05, 0) is 40.3 Å². The Morgan fingerprint density at radius 1 is 1.09 bits per heavy atom. The number of benzene rings is 2. The number of amides is 1. The number of halogens is 1. The van der Waals surface area contributed by atoms with Crippen molar-refractivity contribution in [1.29, 1.82) is 0 Å². The molecule has 2 aromatic carbocycles. The third-order valence-corrected chi connectivity index (χ3v) is 6.33. The Balaban J connectivity index is 1.46. The fourth-order valence-corrected chi connectivity index (χ4v) is 4.66. The topological polar surface area (TPSA) is 85.2 Å². The average Bonchev–Trinajstić information content (AvgIpc) is 3.52. The number of rotatable bonds is 5. The second-order valence-corrected chi connectivity index (χ2v) is 8.20. The van der Waals surface area contributed by atoms with Crippen molar-refractivity contribution >= 4 is 27.9 Å². The SMILES string of the molecule is O=C(Nc1cc(-n2cnnn2)ccc1F)c1cc(-c2ccccc2)c(N2CCOCC2)s1. The van der Waals surface area contributed by atoms with Crippen molar-refractivity contribution in [2.45, 2.75) is 0 Å². The van der Waals surface area contributed by atoms with Crippen LogP contribution in [-0.4, -0.2) is 52.4 Å². The van der Waals surface area contributed by atoms with E-state index in [1.807, 2.05) is 36.4 Å². The molecule has 1 saturated heterocycles. The molecule has 32 heavy (non-hydrogen) atoms. The van der Waals surface area contributed by atoms with Crippen LogP contribution < -0.4 is 10.2 Å². The molecule has 0 aliphatic carbocycles. The highest BCUT2D eigenvalue weighted by Gasteiger charge is 2.22. The van der Waals surface area contributed by atoms with Crippen molar-refractivity contribution in [3.63, 3.8) is 0 Å². The van der Waals surface area contributed by atoms with E-state index < -0.39 is 5.82 Å². The van der Waals surface area contributed by atoms with Crippen molar-refractivity contribution in [3.8, 4) is 16.8 Å². The van der Waals surface area contributed by atoms with E-state index in [0.717, 1.165) is 29.2 Å². The lowest BCUT2D eigenvalue weighted by Gasteiger charge is -2.28. The van der Waals surface area contributed by atoms with E-state index in [-0.39, 0.29) is 11.6 Å². The monoisotopic (exact) mass is 450 g/mol. The highest BCUT2D eigenvalue weighted by molar-refractivity contribution is 7.18. The maximum absolute atomic E-state index is 14.4. The van der Waals surface area contributed by atoms with Gasteiger partial charge in [-0.2, -0.15) is 0 Å². The van der Waals surface area contributed by atoms with Gasteiger partial charge in [0.2, 0.25) is 0 Å². The minimum absolute atomic E-state index is 0.0607. The minimum atomic E-state index is -0.539. The minimum Gasteiger partial charge on any atom is -0.378 e. The standard InChI is InChI=1S/C22H19FN6O2S/c23-18-7-6-16(29-14-24-26-27-29)12-19(18)25-21(30)20-13-17(15-4-2-1-3-5-15)22(32-20)28-8-10-31-11-9-28/h1-7,12-14H,8-11H2,(H,25,30). The first-order valence-electron chi connectivity index (χ1n) is 10.1. The van der Waals surface area contributed by atoms with E-state index in [2.05, 4.69) is 25.7 Å². The molecule has 1 aliphatic rings. The summed E-state index contributed by atoms with van der Waals surface area (Å²) in [6, 6.07) is 16.1. The van der Waals surface area contributed by atoms with E-state index in [9.17, 15) is 9.18 Å². The van der Waals surface area contributed by atoms with Crippen molar-refractivity contribution in [1.82, 2.24) is 20.2 Å². The van der Waals surface area contributed by atoms with E-state index in [1.165, 1.54) is 40.5 Å². The number of morpholine rings is 1. The summed E-state index contributed by atoms with van der Waals surface area (Å²) in [5.74, 6) is -0.914. The van der Waals surface area contributed by atoms with Gasteiger partial charge in [0.15, 0.2) is 0 Å². The normalized spacial score (nSPS) is 13.8. The number of carbonyl (C=O) groups is 1. The molecule has 3 heterocycles. The molecular formula is C22H19FN6O2S. The van der Waals surface area contributed by atoms with Gasteiger partial charge in [-0.15, -0.1) is 16.4 Å². The lowest BCUT2D eigenvalue weighted by Crippen LogP contribution is -2.35. The number of nitrogens with zero attached hydrogens (tertiary/aromatic N) is 5. The molecule has 10 heteroatoms. The van der Waals surface area contributed by atoms with Crippen LogP contribution in [0, 0.1) is 5.82 Å². The first-order valence-corrected chi connectivity index (χ1v) is 10.9. The van der Waals surface area contributed by atoms with Crippen molar-refractivity contribution in [3.05, 3.63) is 71.6 Å². The zero-order valence-electron chi connectivity index (χ0n) is 16.9. The van der Waals surface area contributed by atoms with Crippen LogP contribution >= 0.6 is 11.3 Å². The van der Waals surface area contributed by atoms with Crippen LogP contribution in [0.2, 0.25) is 0 Å². The van der Waals surface area contributed by atoms with Gasteiger partial charge in [0.25, 0.3) is 5.91 Å². The average molecular weight is 450 g/mol. The molecule has 1 amide bonds. The maximum Gasteiger partial charge on any atom is 0.265 e. The maximum atomic E-state index is 14.4. The third-order valence-electron chi connectivity index (χ3n) is 5.13. The zero-order valence-corrected chi connectivity index (χ0v) is 17.8. The molecule has 0 radical (unpaired) electrons. The Bertz CT molecular complexity index is 1220. The number of hydrogen-bond acceptors (Lipinski definition) is 7. The van der Waals surface area contributed by atoms with E-state index >= 15 is 0 Å². The largest absolute Gasteiger partial charge is 0.378 e. The number of carbonyl (C=O) groups excluding carboxylic acids is 1. The van der Waals surface area contributed by atoms with Crippen molar-refractivity contribution in [2.75, 3.05) is 36.5 Å². The van der Waals surface area contributed by atoms with Crippen LogP contribution in [0.25, 0.3) is 16.8 Å². The molecule has 0 saturated carbocycles. The number of hydrogen-bond donors (Lipinski definition) is 1. The molecule has 8 nitrogen and oxygen atoms in total. The van der Waals surface area contributed by atoms with Crippen molar-refractivity contribution in [2.24, 2.45) is 0 Å². The third kappa shape index (κ3) is 4.10. The Hall–Kier alpha value is -3.63. The molecule has 0 spiro atoms. The molecular weight excluding hydrogens is 431 g/mol. The van der Waals surface area contributed by atoms with Gasteiger partial charge in [0, 0.05) is 18.7 Å². The first kappa shape index (κ1) is 20.3. The fraction of sp³-hybridized carbons (Fsp3) is 0.182. The molecule has 0 unspecified atom stereocenters. The summed E-state index contributed by atoms with van der Waals surface area (Å²) in [6.45, 7) is 2.79. The Morgan fingerprint density at radius 3 is 2.66 bits per heavy atom. The highest BCUT2D eigenvalue weighted by atomic mass is 32.1. The molecule has 1 N–H and O–H groups in total. The highest BCUT2D eigenvalue weighted by Crippen LogP contribution is 2.39. The summed E-state index contributed by atoms with van der Waals surface area (Å²) in [5.41, 5.74) is 2.60. The Morgan fingerprint density at radius 2 is 1.91 bits per heavy atom. The van der Waals surface area contributed by atoms with Gasteiger partial charge >= 0.3 is 0 Å². The summed E-state index contributed by atoms with van der Waals surface area (Å²) in [7, 11) is 0. The summed E-state index contributed by atoms with van der Waals surface area (Å²) in [6.07, 6.45) is 1.40. The predicted octanol–water partition coefficient (Wildman–Crippen LogP) is 3.62. The summed E-state index contributed by atoms with van der Waals surface area (Å²) < 4.78 is 21.3. The molecule has 162 valence electrons. The van der Waals surface area contributed by atoms with Gasteiger partial charge in [-0.1, -0.05) is 30.3 Å². The van der Waals surface area contributed by atoms with Gasteiger partial charge < -0.3 is 15.0 Å². The molecule has 1 aliphatic heterocycles. The van der Waals surface area contributed by atoms with Crippen LogP contribution in [0.1, 0.15) is 9.67 Å². The van der Waals surface area contributed by atoms with Crippen LogP contribution in [-0.2, 0) is 4.74 Å². The molecule has 5 rings (SSSR count). The number of nitrogens with one attached hydrogen (secondary N) is 1. The number of tetrazole rings is 1. The number of thiophene rings is 1. The fourth-order valence-electron chi connectivity index (χ4n) is 3.53. The molecule has 2 aromatic heterocycles. The van der Waals surface area contributed by atoms with Crippen LogP contribution in [0.5, 0.6) is 0 Å². The quantitative estimate of drug-likeness (QED) is 0.500. The summed E-state index contributed by atoms with van der Waals surface area (Å²) >= 11 is 1.39.